The van der Waals surface area contributed by atoms with Gasteiger partial charge in [-0.15, -0.1) is 0 Å². The largest absolute Gasteiger partial charge is 0.481 e. The molecule has 0 spiro atoms. The molecule has 0 atom stereocenters. The van der Waals surface area contributed by atoms with Crippen molar-refractivity contribution < 1.29 is 9.15 Å². The third-order valence-electron chi connectivity index (χ3n) is 5.31. The van der Waals surface area contributed by atoms with E-state index in [4.69, 9.17) is 20.8 Å². The minimum atomic E-state index is -0.172. The summed E-state index contributed by atoms with van der Waals surface area (Å²) in [6.45, 7) is 8.70. The second-order valence-electron chi connectivity index (χ2n) is 8.83. The van der Waals surface area contributed by atoms with Crippen LogP contribution in [0, 0.1) is 6.92 Å². The summed E-state index contributed by atoms with van der Waals surface area (Å²) in [5.41, 5.74) is 4.33. The minimum Gasteiger partial charge on any atom is -0.481 e. The lowest BCUT2D eigenvalue weighted by Gasteiger charge is -2.19. The molecule has 0 unspecified atom stereocenters. The van der Waals surface area contributed by atoms with Crippen molar-refractivity contribution in [3.05, 3.63) is 98.7 Å². The number of ether oxygens (including phenoxy) is 1. The molecule has 1 heterocycles. The maximum absolute atomic E-state index is 13.4. The summed E-state index contributed by atoms with van der Waals surface area (Å²) >= 11 is 5.98. The lowest BCUT2D eigenvalue weighted by Crippen LogP contribution is -2.11. The zero-order valence-corrected chi connectivity index (χ0v) is 18.9. The van der Waals surface area contributed by atoms with Gasteiger partial charge in [-0.1, -0.05) is 80.4 Å². The highest BCUT2D eigenvalue weighted by atomic mass is 35.5. The molecule has 1 aromatic heterocycles. The van der Waals surface area contributed by atoms with Gasteiger partial charge in [0.2, 0.25) is 11.2 Å². The quantitative estimate of drug-likeness (QED) is 0.339. The molecule has 0 saturated carbocycles. The van der Waals surface area contributed by atoms with Gasteiger partial charge in [0, 0.05) is 10.6 Å². The van der Waals surface area contributed by atoms with Crippen molar-refractivity contribution in [2.75, 3.05) is 0 Å². The van der Waals surface area contributed by atoms with Crippen molar-refractivity contribution in [1.82, 2.24) is 0 Å². The van der Waals surface area contributed by atoms with Crippen LogP contribution in [-0.4, -0.2) is 0 Å². The summed E-state index contributed by atoms with van der Waals surface area (Å²) in [4.78, 5) is 13.4. The lowest BCUT2D eigenvalue weighted by molar-refractivity contribution is 0.298. The molecule has 0 amide bonds. The summed E-state index contributed by atoms with van der Waals surface area (Å²) in [5.74, 6) is 0.660. The standard InChI is InChI=1S/C27H25ClO3/c1-17-5-14-23-22(15-17)24(29)26(30-16-18-6-12-21(28)13-7-18)25(31-23)19-8-10-20(11-9-19)27(2,3)4/h5-15H,16H2,1-4H3. The van der Waals surface area contributed by atoms with Crippen LogP contribution < -0.4 is 10.2 Å². The second-order valence-corrected chi connectivity index (χ2v) is 9.27. The Balaban J connectivity index is 1.82. The number of fused-ring (bicyclic) bond motifs is 1. The Kier molecular flexibility index (Phi) is 5.63. The molecule has 3 nitrogen and oxygen atoms in total. The minimum absolute atomic E-state index is 0.0359. The Morgan fingerprint density at radius 1 is 0.935 bits per heavy atom. The summed E-state index contributed by atoms with van der Waals surface area (Å²) in [7, 11) is 0. The summed E-state index contributed by atoms with van der Waals surface area (Å²) < 4.78 is 12.2. The Bertz CT molecular complexity index is 1280. The Labute approximate surface area is 187 Å². The monoisotopic (exact) mass is 432 g/mol. The van der Waals surface area contributed by atoms with Crippen molar-refractivity contribution in [3.8, 4) is 17.1 Å². The van der Waals surface area contributed by atoms with E-state index in [1.807, 2.05) is 49.4 Å². The van der Waals surface area contributed by atoms with Gasteiger partial charge in [-0.3, -0.25) is 4.79 Å². The third-order valence-corrected chi connectivity index (χ3v) is 5.57. The number of hydrogen-bond donors (Lipinski definition) is 0. The first-order valence-electron chi connectivity index (χ1n) is 10.3. The maximum atomic E-state index is 13.4. The first kappa shape index (κ1) is 21.2. The molecule has 0 fully saturated rings. The van der Waals surface area contributed by atoms with Crippen LogP contribution in [0.4, 0.5) is 0 Å². The van der Waals surface area contributed by atoms with E-state index < -0.39 is 0 Å². The number of hydrogen-bond acceptors (Lipinski definition) is 3. The molecular weight excluding hydrogens is 408 g/mol. The van der Waals surface area contributed by atoms with E-state index in [0.717, 1.165) is 16.7 Å². The molecule has 0 aliphatic rings. The fourth-order valence-electron chi connectivity index (χ4n) is 3.47. The predicted molar refractivity (Wildman–Crippen MR) is 127 cm³/mol. The van der Waals surface area contributed by atoms with Crippen LogP contribution in [0.1, 0.15) is 37.5 Å². The third kappa shape index (κ3) is 4.52. The van der Waals surface area contributed by atoms with E-state index in [-0.39, 0.29) is 23.2 Å². The Morgan fingerprint density at radius 3 is 2.26 bits per heavy atom. The van der Waals surface area contributed by atoms with Crippen LogP contribution >= 0.6 is 11.6 Å². The van der Waals surface area contributed by atoms with Gasteiger partial charge < -0.3 is 9.15 Å². The molecule has 0 bridgehead atoms. The van der Waals surface area contributed by atoms with Gasteiger partial charge in [0.25, 0.3) is 0 Å². The molecular formula is C27H25ClO3. The van der Waals surface area contributed by atoms with Gasteiger partial charge in [0.05, 0.1) is 5.39 Å². The normalized spacial score (nSPS) is 11.6. The van der Waals surface area contributed by atoms with Crippen molar-refractivity contribution in [3.63, 3.8) is 0 Å². The first-order chi connectivity index (χ1) is 14.7. The highest BCUT2D eigenvalue weighted by Crippen LogP contribution is 2.33. The molecule has 4 aromatic rings. The van der Waals surface area contributed by atoms with Gasteiger partial charge in [-0.05, 0) is 47.7 Å². The van der Waals surface area contributed by atoms with Crippen molar-refractivity contribution >= 4 is 22.6 Å². The second kappa shape index (κ2) is 8.24. The van der Waals surface area contributed by atoms with Gasteiger partial charge in [-0.2, -0.15) is 0 Å². The zero-order valence-electron chi connectivity index (χ0n) is 18.2. The summed E-state index contributed by atoms with van der Waals surface area (Å²) in [6, 6.07) is 21.1. The molecule has 3 aromatic carbocycles. The molecule has 31 heavy (non-hydrogen) atoms. The van der Waals surface area contributed by atoms with Gasteiger partial charge >= 0.3 is 0 Å². The van der Waals surface area contributed by atoms with E-state index >= 15 is 0 Å². The van der Waals surface area contributed by atoms with Crippen LogP contribution in [0.15, 0.2) is 75.9 Å². The zero-order chi connectivity index (χ0) is 22.2. The number of aryl methyl sites for hydroxylation is 1. The first-order valence-corrected chi connectivity index (χ1v) is 10.7. The van der Waals surface area contributed by atoms with Crippen molar-refractivity contribution in [2.45, 2.75) is 39.7 Å². The Hall–Kier alpha value is -3.04. The van der Waals surface area contributed by atoms with E-state index in [1.165, 1.54) is 5.56 Å². The highest BCUT2D eigenvalue weighted by molar-refractivity contribution is 6.30. The van der Waals surface area contributed by atoms with Crippen molar-refractivity contribution in [1.29, 1.82) is 0 Å². The average Bonchev–Trinajstić information content (AvgIpc) is 2.74. The van der Waals surface area contributed by atoms with Crippen molar-refractivity contribution in [2.24, 2.45) is 0 Å². The summed E-state index contributed by atoms with van der Waals surface area (Å²) in [6.07, 6.45) is 0. The molecule has 158 valence electrons. The van der Waals surface area contributed by atoms with Gasteiger partial charge in [-0.25, -0.2) is 0 Å². The SMILES string of the molecule is Cc1ccc2oc(-c3ccc(C(C)(C)C)cc3)c(OCc3ccc(Cl)cc3)c(=O)c2c1. The van der Waals surface area contributed by atoms with Crippen LogP contribution in [0.3, 0.4) is 0 Å². The van der Waals surface area contributed by atoms with E-state index in [1.54, 1.807) is 12.1 Å². The van der Waals surface area contributed by atoms with E-state index in [2.05, 4.69) is 32.9 Å². The fourth-order valence-corrected chi connectivity index (χ4v) is 3.60. The van der Waals surface area contributed by atoms with Crippen LogP contribution in [0.5, 0.6) is 5.75 Å². The number of rotatable bonds is 4. The molecule has 0 N–H and O–H groups in total. The van der Waals surface area contributed by atoms with E-state index in [0.29, 0.717) is 21.8 Å². The van der Waals surface area contributed by atoms with Gasteiger partial charge in [0.1, 0.15) is 12.2 Å². The molecule has 0 aliphatic carbocycles. The van der Waals surface area contributed by atoms with Gasteiger partial charge in [0.15, 0.2) is 5.76 Å². The molecule has 4 heteroatoms. The highest BCUT2D eigenvalue weighted by Gasteiger charge is 2.19. The topological polar surface area (TPSA) is 39.4 Å². The predicted octanol–water partition coefficient (Wildman–Crippen LogP) is 7.30. The molecule has 0 radical (unpaired) electrons. The summed E-state index contributed by atoms with van der Waals surface area (Å²) in [5, 5.41) is 1.17. The molecule has 0 saturated heterocycles. The number of benzene rings is 3. The molecule has 0 aliphatic heterocycles. The van der Waals surface area contributed by atoms with Crippen LogP contribution in [0.25, 0.3) is 22.3 Å². The van der Waals surface area contributed by atoms with Crippen LogP contribution in [0.2, 0.25) is 5.02 Å². The lowest BCUT2D eigenvalue weighted by atomic mass is 9.86. The number of halogens is 1. The average molecular weight is 433 g/mol. The Morgan fingerprint density at radius 2 is 1.61 bits per heavy atom. The smallest absolute Gasteiger partial charge is 0.235 e. The van der Waals surface area contributed by atoms with E-state index in [9.17, 15) is 4.79 Å². The fraction of sp³-hybridized carbons (Fsp3) is 0.222. The van der Waals surface area contributed by atoms with Crippen LogP contribution in [-0.2, 0) is 12.0 Å². The molecule has 4 rings (SSSR count). The maximum Gasteiger partial charge on any atom is 0.235 e.